The van der Waals surface area contributed by atoms with E-state index >= 15 is 4.39 Å². The van der Waals surface area contributed by atoms with Gasteiger partial charge in [-0.2, -0.15) is 0 Å². The summed E-state index contributed by atoms with van der Waals surface area (Å²) in [5.74, 6) is 0.952. The van der Waals surface area contributed by atoms with Gasteiger partial charge in [-0.15, -0.1) is 0 Å². The predicted octanol–water partition coefficient (Wildman–Crippen LogP) is 7.07. The lowest BCUT2D eigenvalue weighted by Gasteiger charge is -2.18. The van der Waals surface area contributed by atoms with Gasteiger partial charge in [0, 0.05) is 34.7 Å². The first-order valence-electron chi connectivity index (χ1n) is 14.2. The average molecular weight is 595 g/mol. The molecule has 7 nitrogen and oxygen atoms in total. The molecule has 42 heavy (non-hydrogen) atoms. The number of rotatable bonds is 12. The Bertz CT molecular complexity index is 1570. The standard InChI is InChI=1S/C33H39FN2O5S/c1-7-39-30(37)18-23-10-8-9-11-29(23)40-20-22-15-24-17-25(14-21(2)3)41-32(24)27(16-22)26-12-13-35-28(31(26)34)19-36-42(38)33(4,5)6/h8-13,15-17,21,36H,7,14,18-20H2,1-6H3/t42-/m0/s1. The molecule has 0 saturated heterocycles. The molecule has 0 fully saturated rings. The molecule has 0 unspecified atom stereocenters. The number of furan rings is 1. The smallest absolute Gasteiger partial charge is 0.310 e. The van der Waals surface area contributed by atoms with Crippen LogP contribution in [0.15, 0.2) is 59.1 Å². The number of pyridine rings is 1. The Morgan fingerprint density at radius 3 is 2.60 bits per heavy atom. The van der Waals surface area contributed by atoms with Crippen molar-refractivity contribution >= 4 is 27.9 Å². The number of ether oxygens (including phenoxy) is 2. The zero-order chi connectivity index (χ0) is 30.4. The summed E-state index contributed by atoms with van der Waals surface area (Å²) in [6.07, 6.45) is 2.40. The molecule has 2 aromatic heterocycles. The molecule has 224 valence electrons. The molecule has 0 spiro atoms. The topological polar surface area (TPSA) is 90.7 Å². The number of fused-ring (bicyclic) bond motifs is 1. The van der Waals surface area contributed by atoms with Gasteiger partial charge >= 0.3 is 5.97 Å². The fourth-order valence-corrected chi connectivity index (χ4v) is 5.24. The molecule has 0 amide bonds. The second-order valence-electron chi connectivity index (χ2n) is 11.6. The molecule has 0 aliphatic heterocycles. The number of carbonyl (C=O) groups is 1. The van der Waals surface area contributed by atoms with E-state index < -0.39 is 21.5 Å². The van der Waals surface area contributed by atoms with Crippen LogP contribution in [0, 0.1) is 11.7 Å². The molecule has 1 atom stereocenters. The molecule has 4 rings (SSSR count). The summed E-state index contributed by atoms with van der Waals surface area (Å²) in [5.41, 5.74) is 3.21. The highest BCUT2D eigenvalue weighted by atomic mass is 32.2. The highest BCUT2D eigenvalue weighted by molar-refractivity contribution is 7.84. The lowest BCUT2D eigenvalue weighted by molar-refractivity contribution is -0.142. The van der Waals surface area contributed by atoms with Crippen molar-refractivity contribution in [3.8, 4) is 16.9 Å². The number of nitrogens with one attached hydrogen (secondary N) is 1. The van der Waals surface area contributed by atoms with Crippen LogP contribution in [0.25, 0.3) is 22.1 Å². The average Bonchev–Trinajstić information content (AvgIpc) is 3.32. The summed E-state index contributed by atoms with van der Waals surface area (Å²) in [6.45, 7) is 12.1. The molecule has 0 bridgehead atoms. The number of benzene rings is 2. The lowest BCUT2D eigenvalue weighted by atomic mass is 10.00. The van der Waals surface area contributed by atoms with Crippen molar-refractivity contribution in [1.29, 1.82) is 0 Å². The largest absolute Gasteiger partial charge is 0.489 e. The van der Waals surface area contributed by atoms with E-state index in [0.29, 0.717) is 35.0 Å². The summed E-state index contributed by atoms with van der Waals surface area (Å²) in [5, 5.41) is 0.839. The maximum absolute atomic E-state index is 16.0. The molecule has 2 aromatic carbocycles. The third-order valence-electron chi connectivity index (χ3n) is 6.52. The van der Waals surface area contributed by atoms with Crippen molar-refractivity contribution in [2.24, 2.45) is 5.92 Å². The van der Waals surface area contributed by atoms with Gasteiger partial charge in [-0.1, -0.05) is 32.0 Å². The van der Waals surface area contributed by atoms with Gasteiger partial charge in [0.2, 0.25) is 0 Å². The number of para-hydroxylation sites is 1. The summed E-state index contributed by atoms with van der Waals surface area (Å²) < 4.78 is 48.4. The number of esters is 1. The van der Waals surface area contributed by atoms with Crippen molar-refractivity contribution < 1.29 is 27.3 Å². The van der Waals surface area contributed by atoms with Crippen molar-refractivity contribution in [3.05, 3.63) is 83.1 Å². The second-order valence-corrected chi connectivity index (χ2v) is 13.6. The lowest BCUT2D eigenvalue weighted by Crippen LogP contribution is -2.33. The fraction of sp³-hybridized carbons (Fsp3) is 0.394. The Hall–Kier alpha value is -3.56. The number of carbonyl (C=O) groups excluding carboxylic acids is 1. The monoisotopic (exact) mass is 594 g/mol. The highest BCUT2D eigenvalue weighted by Crippen LogP contribution is 2.35. The molecular formula is C33H39FN2O5S. The Balaban J connectivity index is 1.70. The summed E-state index contributed by atoms with van der Waals surface area (Å²) in [4.78, 5) is 16.3. The molecule has 4 aromatic rings. The minimum absolute atomic E-state index is 0.0174. The third kappa shape index (κ3) is 7.83. The fourth-order valence-electron chi connectivity index (χ4n) is 4.54. The Kier molecular flexibility index (Phi) is 10.2. The Morgan fingerprint density at radius 2 is 1.88 bits per heavy atom. The van der Waals surface area contributed by atoms with E-state index in [9.17, 15) is 9.00 Å². The van der Waals surface area contributed by atoms with E-state index in [1.165, 1.54) is 0 Å². The van der Waals surface area contributed by atoms with Gasteiger partial charge in [0.1, 0.15) is 23.7 Å². The summed E-state index contributed by atoms with van der Waals surface area (Å²) >= 11 is 0. The molecule has 0 saturated carbocycles. The maximum atomic E-state index is 16.0. The van der Waals surface area contributed by atoms with E-state index in [1.807, 2.05) is 63.2 Å². The number of hydrogen-bond acceptors (Lipinski definition) is 6. The number of nitrogens with zero attached hydrogens (tertiary/aromatic N) is 1. The minimum Gasteiger partial charge on any atom is -0.489 e. The quantitative estimate of drug-likeness (QED) is 0.177. The van der Waals surface area contributed by atoms with Gasteiger partial charge in [0.25, 0.3) is 0 Å². The molecule has 0 radical (unpaired) electrons. The van der Waals surface area contributed by atoms with Gasteiger partial charge in [0.15, 0.2) is 5.82 Å². The van der Waals surface area contributed by atoms with Crippen LogP contribution in [0.5, 0.6) is 5.75 Å². The van der Waals surface area contributed by atoms with Crippen molar-refractivity contribution in [2.75, 3.05) is 6.61 Å². The number of aromatic nitrogens is 1. The van der Waals surface area contributed by atoms with Crippen LogP contribution in [-0.2, 0) is 46.5 Å². The minimum atomic E-state index is -1.37. The van der Waals surface area contributed by atoms with Gasteiger partial charge in [-0.3, -0.25) is 9.78 Å². The molecule has 0 aliphatic carbocycles. The number of hydrogen-bond donors (Lipinski definition) is 1. The van der Waals surface area contributed by atoms with Gasteiger partial charge in [0.05, 0.1) is 41.0 Å². The molecule has 1 N–H and O–H groups in total. The van der Waals surface area contributed by atoms with Gasteiger partial charge in [-0.25, -0.2) is 13.3 Å². The Morgan fingerprint density at radius 1 is 1.12 bits per heavy atom. The van der Waals surface area contributed by atoms with Crippen molar-refractivity contribution in [1.82, 2.24) is 9.71 Å². The van der Waals surface area contributed by atoms with Crippen LogP contribution in [-0.4, -0.2) is 26.5 Å². The normalized spacial score (nSPS) is 12.6. The highest BCUT2D eigenvalue weighted by Gasteiger charge is 2.22. The van der Waals surface area contributed by atoms with Crippen LogP contribution in [0.1, 0.15) is 64.1 Å². The van der Waals surface area contributed by atoms with E-state index in [1.54, 1.807) is 19.2 Å². The third-order valence-corrected chi connectivity index (χ3v) is 8.04. The van der Waals surface area contributed by atoms with Gasteiger partial charge in [-0.05, 0) is 69.5 Å². The van der Waals surface area contributed by atoms with Crippen LogP contribution >= 0.6 is 0 Å². The first-order valence-corrected chi connectivity index (χ1v) is 15.3. The van der Waals surface area contributed by atoms with Crippen LogP contribution in [0.3, 0.4) is 0 Å². The van der Waals surface area contributed by atoms with Gasteiger partial charge < -0.3 is 13.9 Å². The van der Waals surface area contributed by atoms with Crippen LogP contribution in [0.4, 0.5) is 4.39 Å². The number of halogens is 1. The molecule has 9 heteroatoms. The SMILES string of the molecule is CCOC(=O)Cc1ccccc1OCc1cc(-c2ccnc(CN[S@@](=O)C(C)(C)C)c2F)c2oc(CC(C)C)cc2c1. The van der Waals surface area contributed by atoms with Crippen LogP contribution < -0.4 is 9.46 Å². The van der Waals surface area contributed by atoms with Crippen LogP contribution in [0.2, 0.25) is 0 Å². The predicted molar refractivity (Wildman–Crippen MR) is 164 cm³/mol. The zero-order valence-corrected chi connectivity index (χ0v) is 25.9. The Labute approximate surface area is 249 Å². The van der Waals surface area contributed by atoms with Crippen molar-refractivity contribution in [3.63, 3.8) is 0 Å². The maximum Gasteiger partial charge on any atom is 0.310 e. The van der Waals surface area contributed by atoms with E-state index in [2.05, 4.69) is 23.6 Å². The first kappa shape index (κ1) is 31.4. The second kappa shape index (κ2) is 13.6. The molecule has 2 heterocycles. The summed E-state index contributed by atoms with van der Waals surface area (Å²) in [7, 11) is -1.37. The zero-order valence-electron chi connectivity index (χ0n) is 25.1. The van der Waals surface area contributed by atoms with E-state index in [0.717, 1.165) is 28.7 Å². The van der Waals surface area contributed by atoms with E-state index in [4.69, 9.17) is 13.9 Å². The van der Waals surface area contributed by atoms with E-state index in [-0.39, 0.29) is 31.2 Å². The van der Waals surface area contributed by atoms with Crippen molar-refractivity contribution in [2.45, 2.75) is 72.3 Å². The first-order chi connectivity index (χ1) is 20.0. The molecule has 0 aliphatic rings. The molecular weight excluding hydrogens is 555 g/mol. The summed E-state index contributed by atoms with van der Waals surface area (Å²) in [6, 6.07) is 14.8.